The van der Waals surface area contributed by atoms with Crippen LogP contribution < -0.4 is 27.6 Å². The van der Waals surface area contributed by atoms with Crippen LogP contribution in [-0.4, -0.2) is 54.6 Å². The highest BCUT2D eigenvalue weighted by molar-refractivity contribution is 6.01. The van der Waals surface area contributed by atoms with Crippen LogP contribution in [0.3, 0.4) is 0 Å². The van der Waals surface area contributed by atoms with Gasteiger partial charge in [0.05, 0.1) is 12.1 Å². The molecular formula is C35H38ClN9O4. The van der Waals surface area contributed by atoms with E-state index in [1.165, 1.54) is 9.47 Å². The Kier molecular flexibility index (Phi) is 11.2. The number of aromatic amines is 2. The number of nitrogens with one attached hydrogen (secondary N) is 2. The number of H-pyrrole nitrogens is 2. The number of hydrogen-bond acceptors (Lipinski definition) is 8. The van der Waals surface area contributed by atoms with Crippen molar-refractivity contribution < 1.29 is 9.59 Å². The number of tetrazole rings is 1. The number of rotatable bonds is 11. The van der Waals surface area contributed by atoms with Gasteiger partial charge in [-0.15, -0.1) is 22.6 Å². The molecule has 2 heterocycles. The lowest BCUT2D eigenvalue weighted by atomic mass is 9.81. The Morgan fingerprint density at radius 3 is 2.18 bits per heavy atom. The lowest BCUT2D eigenvalue weighted by Crippen LogP contribution is -2.52. The van der Waals surface area contributed by atoms with E-state index in [0.717, 1.165) is 24.0 Å². The Hall–Kier alpha value is -5.40. The number of carbonyl (C=O) groups is 2. The molecule has 2 aromatic heterocycles. The molecule has 6 N–H and O–H groups in total. The van der Waals surface area contributed by atoms with Crippen LogP contribution in [0.4, 0.5) is 5.69 Å². The van der Waals surface area contributed by atoms with E-state index in [2.05, 4.69) is 25.6 Å². The van der Waals surface area contributed by atoms with Gasteiger partial charge in [0, 0.05) is 29.8 Å². The molecule has 1 aliphatic carbocycles. The Labute approximate surface area is 288 Å². The Bertz CT molecular complexity index is 1970. The number of nitrogens with zero attached hydrogens (tertiary/aromatic N) is 5. The maximum atomic E-state index is 14.2. The van der Waals surface area contributed by atoms with Crippen molar-refractivity contribution in [2.45, 2.75) is 44.7 Å². The molecule has 1 fully saturated rings. The summed E-state index contributed by atoms with van der Waals surface area (Å²) in [6, 6.07) is 22.7. The predicted molar refractivity (Wildman–Crippen MR) is 188 cm³/mol. The lowest BCUT2D eigenvalue weighted by Gasteiger charge is -2.35. The van der Waals surface area contributed by atoms with Gasteiger partial charge < -0.3 is 11.5 Å². The number of halogens is 1. The van der Waals surface area contributed by atoms with E-state index in [1.807, 2.05) is 30.3 Å². The summed E-state index contributed by atoms with van der Waals surface area (Å²) in [5.74, 6) is -0.292. The average molecular weight is 684 g/mol. The Balaban J connectivity index is 0.00000468. The van der Waals surface area contributed by atoms with Crippen molar-refractivity contribution in [3.8, 4) is 22.5 Å². The molecule has 0 saturated heterocycles. The minimum absolute atomic E-state index is 0. The second kappa shape index (κ2) is 15.7. The number of amides is 2. The number of benzene rings is 3. The number of carbonyl (C=O) groups excluding carboxylic acids is 2. The van der Waals surface area contributed by atoms with Gasteiger partial charge in [0.15, 0.2) is 0 Å². The topological polar surface area (TPSA) is 199 Å². The maximum Gasteiger partial charge on any atom is 0.328 e. The second-order valence-electron chi connectivity index (χ2n) is 12.2. The van der Waals surface area contributed by atoms with Gasteiger partial charge in [0.1, 0.15) is 6.04 Å². The monoisotopic (exact) mass is 683 g/mol. The van der Waals surface area contributed by atoms with Gasteiger partial charge >= 0.3 is 5.69 Å². The number of hydrogen-bond donors (Lipinski definition) is 4. The number of nitrogens with two attached hydrogens (primary N) is 2. The molecule has 14 heteroatoms. The molecule has 0 aliphatic heterocycles. The zero-order valence-corrected chi connectivity index (χ0v) is 27.5. The van der Waals surface area contributed by atoms with Crippen LogP contribution in [0.1, 0.15) is 36.8 Å². The first-order chi connectivity index (χ1) is 23.3. The molecule has 1 aliphatic rings. The van der Waals surface area contributed by atoms with E-state index in [4.69, 9.17) is 11.5 Å². The fraction of sp³-hybridized carbons (Fsp3) is 0.286. The molecule has 2 amide bonds. The van der Waals surface area contributed by atoms with Crippen LogP contribution in [0.5, 0.6) is 0 Å². The third-order valence-electron chi connectivity index (χ3n) is 9.06. The molecule has 0 unspecified atom stereocenters. The smallest absolute Gasteiger partial charge is 0.328 e. The maximum absolute atomic E-state index is 14.2. The Morgan fingerprint density at radius 2 is 1.57 bits per heavy atom. The van der Waals surface area contributed by atoms with Crippen molar-refractivity contribution in [3.63, 3.8) is 0 Å². The highest BCUT2D eigenvalue weighted by Gasteiger charge is 2.36. The van der Waals surface area contributed by atoms with Crippen molar-refractivity contribution in [1.29, 1.82) is 0 Å². The third-order valence-corrected chi connectivity index (χ3v) is 9.06. The minimum Gasteiger partial charge on any atom is -0.368 e. The number of primary amides is 1. The van der Waals surface area contributed by atoms with Crippen LogP contribution in [0, 0.1) is 11.8 Å². The lowest BCUT2D eigenvalue weighted by molar-refractivity contribution is -0.127. The van der Waals surface area contributed by atoms with E-state index in [0.29, 0.717) is 60.1 Å². The number of anilines is 1. The fourth-order valence-corrected chi connectivity index (χ4v) is 6.33. The summed E-state index contributed by atoms with van der Waals surface area (Å²) in [6.45, 7) is 0.887. The van der Waals surface area contributed by atoms with Gasteiger partial charge in [-0.2, -0.15) is 5.21 Å². The SMILES string of the molecule is Cl.NC[C@H]1CC[C@H](C(=O)N(c2ccc(-c3nn[nH]n3)cc2)[C@@H](Cc2ccc(-c3cn(Cc4ccccc4)c(=O)[nH]c3=O)cc2)C(N)=O)CC1. The van der Waals surface area contributed by atoms with Crippen molar-refractivity contribution in [2.24, 2.45) is 23.3 Å². The molecule has 1 saturated carbocycles. The van der Waals surface area contributed by atoms with Gasteiger partial charge in [-0.3, -0.25) is 28.8 Å². The molecule has 254 valence electrons. The van der Waals surface area contributed by atoms with Gasteiger partial charge in [0.2, 0.25) is 17.6 Å². The average Bonchev–Trinajstić information content (AvgIpc) is 3.66. The first-order valence-corrected chi connectivity index (χ1v) is 15.9. The normalized spacial score (nSPS) is 16.3. The molecule has 5 aromatic rings. The third kappa shape index (κ3) is 8.02. The zero-order chi connectivity index (χ0) is 33.6. The van der Waals surface area contributed by atoms with E-state index >= 15 is 0 Å². The Morgan fingerprint density at radius 1 is 0.898 bits per heavy atom. The van der Waals surface area contributed by atoms with Gasteiger partial charge in [-0.1, -0.05) is 54.6 Å². The van der Waals surface area contributed by atoms with Crippen LogP contribution in [-0.2, 0) is 22.6 Å². The van der Waals surface area contributed by atoms with Crippen molar-refractivity contribution in [2.75, 3.05) is 11.4 Å². The van der Waals surface area contributed by atoms with Gasteiger partial charge in [-0.05, 0) is 84.3 Å². The summed E-state index contributed by atoms with van der Waals surface area (Å²) in [5, 5.41) is 14.1. The van der Waals surface area contributed by atoms with E-state index in [1.54, 1.807) is 54.7 Å². The van der Waals surface area contributed by atoms with Gasteiger partial charge in [0.25, 0.3) is 5.56 Å². The molecular weight excluding hydrogens is 646 g/mol. The van der Waals surface area contributed by atoms with E-state index in [-0.39, 0.29) is 30.7 Å². The van der Waals surface area contributed by atoms with Crippen molar-refractivity contribution >= 4 is 29.9 Å². The van der Waals surface area contributed by atoms with Crippen LogP contribution in [0.15, 0.2) is 94.6 Å². The quantitative estimate of drug-likeness (QED) is 0.163. The molecule has 0 spiro atoms. The van der Waals surface area contributed by atoms with Crippen molar-refractivity contribution in [1.82, 2.24) is 30.2 Å². The van der Waals surface area contributed by atoms with Crippen LogP contribution >= 0.6 is 12.4 Å². The molecule has 6 rings (SSSR count). The molecule has 0 radical (unpaired) electrons. The minimum atomic E-state index is -0.984. The molecule has 49 heavy (non-hydrogen) atoms. The predicted octanol–water partition coefficient (Wildman–Crippen LogP) is 3.05. The number of aromatic nitrogens is 6. The molecule has 0 bridgehead atoms. The summed E-state index contributed by atoms with van der Waals surface area (Å²) in [7, 11) is 0. The molecule has 13 nitrogen and oxygen atoms in total. The highest BCUT2D eigenvalue weighted by Crippen LogP contribution is 2.33. The fourth-order valence-electron chi connectivity index (χ4n) is 6.33. The molecule has 1 atom stereocenters. The van der Waals surface area contributed by atoms with E-state index in [9.17, 15) is 19.2 Å². The summed E-state index contributed by atoms with van der Waals surface area (Å²) in [4.78, 5) is 56.6. The molecule has 3 aromatic carbocycles. The van der Waals surface area contributed by atoms with Gasteiger partial charge in [-0.25, -0.2) is 4.79 Å². The summed E-state index contributed by atoms with van der Waals surface area (Å²) >= 11 is 0. The van der Waals surface area contributed by atoms with E-state index < -0.39 is 23.2 Å². The standard InChI is InChI=1S/C35H37N9O4.ClH/c36-19-23-8-12-27(13-9-23)34(47)44(28-16-14-26(15-17-28)32-39-41-42-40-32)30(31(37)45)18-22-6-10-25(11-7-22)29-21-43(35(48)38-33(29)46)20-24-4-2-1-3-5-24;/h1-7,10-11,14-17,21,23,27,30H,8-9,12-13,18-20,36H2,(H2,37,45)(H,38,46,48)(H,39,40,41,42);1H/t23-,27-,30-;/m0./s1. The highest BCUT2D eigenvalue weighted by atomic mass is 35.5. The first-order valence-electron chi connectivity index (χ1n) is 15.9. The summed E-state index contributed by atoms with van der Waals surface area (Å²) < 4.78 is 1.46. The van der Waals surface area contributed by atoms with Crippen LogP contribution in [0.2, 0.25) is 0 Å². The first kappa shape index (κ1) is 34.9. The zero-order valence-electron chi connectivity index (χ0n) is 26.7. The largest absolute Gasteiger partial charge is 0.368 e. The summed E-state index contributed by atoms with van der Waals surface area (Å²) in [5.41, 5.74) is 14.7. The second-order valence-corrected chi connectivity index (χ2v) is 12.2. The van der Waals surface area contributed by atoms with Crippen molar-refractivity contribution in [3.05, 3.63) is 117 Å². The van der Waals surface area contributed by atoms with Crippen LogP contribution in [0.25, 0.3) is 22.5 Å². The summed E-state index contributed by atoms with van der Waals surface area (Å²) in [6.07, 6.45) is 4.75.